The van der Waals surface area contributed by atoms with E-state index in [0.717, 1.165) is 0 Å². The van der Waals surface area contributed by atoms with Gasteiger partial charge in [-0.05, 0) is 0 Å². The lowest BCUT2D eigenvalue weighted by molar-refractivity contribution is -0.148. The Morgan fingerprint density at radius 2 is 2.42 bits per heavy atom. The van der Waals surface area contributed by atoms with Gasteiger partial charge in [-0.25, -0.2) is 4.79 Å². The Morgan fingerprint density at radius 1 is 1.75 bits per heavy atom. The van der Waals surface area contributed by atoms with E-state index in [1.165, 1.54) is 7.05 Å². The lowest BCUT2D eigenvalue weighted by Gasteiger charge is -1.98. The fraction of sp³-hybridized carbons (Fsp3) is 0.500. The van der Waals surface area contributed by atoms with Gasteiger partial charge in [0.05, 0.1) is 0 Å². The summed E-state index contributed by atoms with van der Waals surface area (Å²) in [6.07, 6.45) is -0.994. The van der Waals surface area contributed by atoms with Crippen molar-refractivity contribution < 1.29 is 19.5 Å². The van der Waals surface area contributed by atoms with Crippen LogP contribution >= 0.6 is 0 Å². The summed E-state index contributed by atoms with van der Waals surface area (Å²) in [5.74, 6) is -1.52. The van der Waals surface area contributed by atoms with E-state index in [1.54, 1.807) is 0 Å². The van der Waals surface area contributed by atoms with Gasteiger partial charge in [0.25, 0.3) is 5.91 Å². The molecule has 1 aliphatic heterocycles. The lowest BCUT2D eigenvalue weighted by Crippen LogP contribution is -2.29. The molecule has 6 heteroatoms. The van der Waals surface area contributed by atoms with Crippen LogP contribution in [0.2, 0.25) is 0 Å². The van der Waals surface area contributed by atoms with E-state index in [2.05, 4.69) is 15.3 Å². The number of carbonyl (C=O) groups excluding carboxylic acids is 1. The van der Waals surface area contributed by atoms with Crippen LogP contribution in [-0.2, 0) is 14.4 Å². The molecule has 0 radical (unpaired) electrons. The van der Waals surface area contributed by atoms with Crippen molar-refractivity contribution in [2.75, 3.05) is 7.05 Å². The van der Waals surface area contributed by atoms with Gasteiger partial charge in [0.1, 0.15) is 5.71 Å². The zero-order valence-corrected chi connectivity index (χ0v) is 6.40. The van der Waals surface area contributed by atoms with Crippen molar-refractivity contribution >= 4 is 17.6 Å². The van der Waals surface area contributed by atoms with Crippen molar-refractivity contribution in [2.24, 2.45) is 5.16 Å². The Balaban J connectivity index is 2.54. The quantitative estimate of drug-likeness (QED) is 0.557. The van der Waals surface area contributed by atoms with E-state index >= 15 is 0 Å². The maximum atomic E-state index is 10.9. The third-order valence-electron chi connectivity index (χ3n) is 1.43. The molecule has 0 aromatic heterocycles. The molecule has 1 aliphatic rings. The van der Waals surface area contributed by atoms with Crippen LogP contribution in [0.1, 0.15) is 6.42 Å². The van der Waals surface area contributed by atoms with Gasteiger partial charge < -0.3 is 15.3 Å². The van der Waals surface area contributed by atoms with Crippen molar-refractivity contribution in [3.05, 3.63) is 0 Å². The van der Waals surface area contributed by atoms with Gasteiger partial charge in [-0.1, -0.05) is 5.16 Å². The number of amides is 1. The summed E-state index contributed by atoms with van der Waals surface area (Å²) in [5, 5.41) is 14.1. The zero-order chi connectivity index (χ0) is 9.14. The minimum atomic E-state index is -1.11. The summed E-state index contributed by atoms with van der Waals surface area (Å²) in [6.45, 7) is 0. The first-order chi connectivity index (χ1) is 5.65. The first kappa shape index (κ1) is 8.51. The van der Waals surface area contributed by atoms with Crippen LogP contribution in [0.15, 0.2) is 5.16 Å². The summed E-state index contributed by atoms with van der Waals surface area (Å²) in [6, 6.07) is 0. The second-order valence-electron chi connectivity index (χ2n) is 2.25. The van der Waals surface area contributed by atoms with E-state index in [4.69, 9.17) is 5.11 Å². The number of nitrogens with one attached hydrogen (secondary N) is 1. The molecule has 0 saturated carbocycles. The second kappa shape index (κ2) is 3.21. The van der Waals surface area contributed by atoms with Gasteiger partial charge in [-0.2, -0.15) is 0 Å². The first-order valence-corrected chi connectivity index (χ1v) is 3.32. The number of rotatable bonds is 2. The normalized spacial score (nSPS) is 21.1. The van der Waals surface area contributed by atoms with E-state index in [0.29, 0.717) is 0 Å². The maximum absolute atomic E-state index is 10.9. The molecule has 1 atom stereocenters. The van der Waals surface area contributed by atoms with E-state index in [1.807, 2.05) is 0 Å². The molecular weight excluding hydrogens is 164 g/mol. The highest BCUT2D eigenvalue weighted by molar-refractivity contribution is 6.39. The number of hydrogen-bond donors (Lipinski definition) is 2. The number of oxime groups is 1. The highest BCUT2D eigenvalue weighted by atomic mass is 16.7. The Hall–Kier alpha value is -1.59. The minimum Gasteiger partial charge on any atom is -0.478 e. The summed E-state index contributed by atoms with van der Waals surface area (Å²) >= 11 is 0. The first-order valence-electron chi connectivity index (χ1n) is 3.32. The molecule has 0 aromatic carbocycles. The molecule has 0 bridgehead atoms. The van der Waals surface area contributed by atoms with Gasteiger partial charge in [0, 0.05) is 13.5 Å². The van der Waals surface area contributed by atoms with Gasteiger partial charge in [0.2, 0.25) is 6.10 Å². The molecule has 1 unspecified atom stereocenters. The van der Waals surface area contributed by atoms with Gasteiger partial charge in [0.15, 0.2) is 0 Å². The number of aliphatic carboxylic acids is 1. The third kappa shape index (κ3) is 1.52. The average Bonchev–Trinajstić information content (AvgIpc) is 2.51. The van der Waals surface area contributed by atoms with E-state index in [9.17, 15) is 9.59 Å². The number of hydrogen-bond acceptors (Lipinski definition) is 4. The maximum Gasteiger partial charge on any atom is 0.348 e. The molecule has 0 saturated heterocycles. The predicted molar refractivity (Wildman–Crippen MR) is 38.6 cm³/mol. The molecule has 0 aromatic rings. The molecule has 12 heavy (non-hydrogen) atoms. The molecule has 2 N–H and O–H groups in total. The standard InChI is InChI=1S/C6H8N2O4/c1-7-5(9)3-2-4(6(10)11)12-8-3/h4H,2H2,1H3,(H,7,9)(H,10,11). The fourth-order valence-corrected chi connectivity index (χ4v) is 0.788. The molecule has 1 amide bonds. The van der Waals surface area contributed by atoms with Crippen molar-refractivity contribution in [1.82, 2.24) is 5.32 Å². The Morgan fingerprint density at radius 3 is 2.83 bits per heavy atom. The van der Waals surface area contributed by atoms with Crippen LogP contribution in [0.25, 0.3) is 0 Å². The topological polar surface area (TPSA) is 88.0 Å². The van der Waals surface area contributed by atoms with Crippen LogP contribution < -0.4 is 5.32 Å². The zero-order valence-electron chi connectivity index (χ0n) is 6.40. The van der Waals surface area contributed by atoms with Crippen LogP contribution in [0.4, 0.5) is 0 Å². The molecule has 0 aliphatic carbocycles. The van der Waals surface area contributed by atoms with Crippen molar-refractivity contribution in [2.45, 2.75) is 12.5 Å². The number of nitrogens with zero attached hydrogens (tertiary/aromatic N) is 1. The van der Waals surface area contributed by atoms with Crippen molar-refractivity contribution in [3.63, 3.8) is 0 Å². The van der Waals surface area contributed by atoms with Crippen LogP contribution in [0.5, 0.6) is 0 Å². The number of carbonyl (C=O) groups is 2. The second-order valence-corrected chi connectivity index (χ2v) is 2.25. The Kier molecular flexibility index (Phi) is 2.27. The minimum absolute atomic E-state index is 0.0228. The van der Waals surface area contributed by atoms with E-state index < -0.39 is 18.0 Å². The summed E-state index contributed by atoms with van der Waals surface area (Å²) < 4.78 is 0. The summed E-state index contributed by atoms with van der Waals surface area (Å²) in [7, 11) is 1.44. The van der Waals surface area contributed by atoms with Crippen LogP contribution in [0.3, 0.4) is 0 Å². The van der Waals surface area contributed by atoms with Gasteiger partial charge in [-0.3, -0.25) is 4.79 Å². The Bertz CT molecular complexity index is 248. The molecule has 66 valence electrons. The van der Waals surface area contributed by atoms with E-state index in [-0.39, 0.29) is 12.1 Å². The summed E-state index contributed by atoms with van der Waals surface area (Å²) in [4.78, 5) is 25.7. The lowest BCUT2D eigenvalue weighted by atomic mass is 10.2. The van der Waals surface area contributed by atoms with Gasteiger partial charge in [-0.15, -0.1) is 0 Å². The molecule has 1 rings (SSSR count). The summed E-state index contributed by atoms with van der Waals surface area (Å²) in [5.41, 5.74) is 0.116. The fourth-order valence-electron chi connectivity index (χ4n) is 0.788. The smallest absolute Gasteiger partial charge is 0.348 e. The Labute approximate surface area is 68.2 Å². The number of carboxylic acids is 1. The molecule has 0 spiro atoms. The van der Waals surface area contributed by atoms with Crippen molar-refractivity contribution in [1.29, 1.82) is 0 Å². The average molecular weight is 172 g/mol. The van der Waals surface area contributed by atoms with Crippen LogP contribution in [-0.4, -0.2) is 35.8 Å². The molecular formula is C6H8N2O4. The van der Waals surface area contributed by atoms with Gasteiger partial charge >= 0.3 is 5.97 Å². The molecule has 0 fully saturated rings. The number of carboxylic acid groups (broad SMARTS) is 1. The van der Waals surface area contributed by atoms with Crippen LogP contribution in [0, 0.1) is 0 Å². The predicted octanol–water partition coefficient (Wildman–Crippen LogP) is -1.04. The third-order valence-corrected chi connectivity index (χ3v) is 1.43. The molecule has 6 nitrogen and oxygen atoms in total. The highest BCUT2D eigenvalue weighted by Gasteiger charge is 2.30. The van der Waals surface area contributed by atoms with Crippen molar-refractivity contribution in [3.8, 4) is 0 Å². The highest BCUT2D eigenvalue weighted by Crippen LogP contribution is 2.10. The SMILES string of the molecule is CNC(=O)C1=NOC(C(=O)O)C1. The monoisotopic (exact) mass is 172 g/mol. The largest absolute Gasteiger partial charge is 0.478 e. The molecule has 1 heterocycles.